The monoisotopic (exact) mass is 336 g/mol. The van der Waals surface area contributed by atoms with Crippen LogP contribution in [0.1, 0.15) is 18.4 Å². The first-order valence-electron chi connectivity index (χ1n) is 7.06. The molecule has 1 aromatic carbocycles. The van der Waals surface area contributed by atoms with Gasteiger partial charge in [-0.3, -0.25) is 0 Å². The molecule has 6 heteroatoms. The fraction of sp³-hybridized carbons (Fsp3) is 0.312. The minimum absolute atomic E-state index is 0.0525. The number of benzene rings is 1. The van der Waals surface area contributed by atoms with E-state index >= 15 is 0 Å². The highest BCUT2D eigenvalue weighted by atomic mass is 35.5. The molecule has 1 fully saturated rings. The second-order valence-corrected chi connectivity index (χ2v) is 8.18. The zero-order chi connectivity index (χ0) is 15.8. The van der Waals surface area contributed by atoms with Gasteiger partial charge in [0.15, 0.2) is 9.84 Å². The molecule has 0 amide bonds. The minimum Gasteiger partial charge on any atom is -0.368 e. The first-order valence-corrected chi connectivity index (χ1v) is 9.33. The van der Waals surface area contributed by atoms with Crippen LogP contribution in [0.4, 0.5) is 5.82 Å². The molecule has 0 spiro atoms. The normalized spacial score (nSPS) is 16.3. The summed E-state index contributed by atoms with van der Waals surface area (Å²) < 4.78 is 23.6. The molecule has 4 nitrogen and oxygen atoms in total. The van der Waals surface area contributed by atoms with Crippen LogP contribution in [-0.2, 0) is 15.3 Å². The molecule has 1 N–H and O–H groups in total. The Morgan fingerprint density at radius 3 is 2.50 bits per heavy atom. The molecule has 3 rings (SSSR count). The van der Waals surface area contributed by atoms with Gasteiger partial charge in [-0.25, -0.2) is 13.4 Å². The van der Waals surface area contributed by atoms with Gasteiger partial charge in [-0.05, 0) is 42.7 Å². The lowest BCUT2D eigenvalue weighted by molar-refractivity contribution is 0.601. The second kappa shape index (κ2) is 5.56. The van der Waals surface area contributed by atoms with Gasteiger partial charge >= 0.3 is 0 Å². The van der Waals surface area contributed by atoms with Crippen LogP contribution < -0.4 is 5.32 Å². The van der Waals surface area contributed by atoms with Crippen molar-refractivity contribution in [3.63, 3.8) is 0 Å². The van der Waals surface area contributed by atoms with Crippen LogP contribution in [0.2, 0.25) is 5.02 Å². The van der Waals surface area contributed by atoms with Crippen LogP contribution in [0.25, 0.3) is 0 Å². The van der Waals surface area contributed by atoms with E-state index in [1.807, 2.05) is 24.3 Å². The number of sulfone groups is 1. The van der Waals surface area contributed by atoms with Crippen molar-refractivity contribution in [2.75, 3.05) is 18.1 Å². The van der Waals surface area contributed by atoms with E-state index in [-0.39, 0.29) is 10.3 Å². The molecule has 0 atom stereocenters. The Balaban J connectivity index is 1.80. The Kier molecular flexibility index (Phi) is 3.87. The zero-order valence-electron chi connectivity index (χ0n) is 12.2. The van der Waals surface area contributed by atoms with Crippen molar-refractivity contribution in [1.29, 1.82) is 0 Å². The number of halogens is 1. The molecule has 1 saturated carbocycles. The highest BCUT2D eigenvalue weighted by Crippen LogP contribution is 2.48. The van der Waals surface area contributed by atoms with Gasteiger partial charge in [-0.15, -0.1) is 0 Å². The van der Waals surface area contributed by atoms with E-state index in [1.165, 1.54) is 11.8 Å². The first-order chi connectivity index (χ1) is 10.4. The molecule has 0 unspecified atom stereocenters. The van der Waals surface area contributed by atoms with Crippen LogP contribution in [-0.4, -0.2) is 26.2 Å². The number of pyridine rings is 1. The summed E-state index contributed by atoms with van der Waals surface area (Å²) in [6.07, 6.45) is 4.94. The van der Waals surface area contributed by atoms with E-state index in [2.05, 4.69) is 10.3 Å². The Morgan fingerprint density at radius 1 is 1.23 bits per heavy atom. The Bertz CT molecular complexity index is 784. The number of nitrogens with one attached hydrogen (secondary N) is 1. The molecule has 0 radical (unpaired) electrons. The highest BCUT2D eigenvalue weighted by Gasteiger charge is 2.44. The molecule has 0 bridgehead atoms. The van der Waals surface area contributed by atoms with Gasteiger partial charge in [0.25, 0.3) is 0 Å². The van der Waals surface area contributed by atoms with Crippen LogP contribution in [0.5, 0.6) is 0 Å². The van der Waals surface area contributed by atoms with E-state index in [4.69, 9.17) is 11.6 Å². The third-order valence-corrected chi connectivity index (χ3v) is 5.45. The van der Waals surface area contributed by atoms with E-state index < -0.39 is 9.84 Å². The molecule has 1 aliphatic carbocycles. The average molecular weight is 337 g/mol. The number of nitrogens with zero attached hydrogens (tertiary/aromatic N) is 1. The molecular weight excluding hydrogens is 320 g/mol. The molecule has 1 heterocycles. The molecule has 0 saturated heterocycles. The topological polar surface area (TPSA) is 59.1 Å². The minimum atomic E-state index is -3.29. The average Bonchev–Trinajstić information content (AvgIpc) is 3.26. The Labute approximate surface area is 135 Å². The number of hydrogen-bond donors (Lipinski definition) is 1. The molecule has 116 valence electrons. The van der Waals surface area contributed by atoms with Crippen molar-refractivity contribution in [3.8, 4) is 0 Å². The third kappa shape index (κ3) is 3.10. The second-order valence-electron chi connectivity index (χ2n) is 5.76. The van der Waals surface area contributed by atoms with Crippen molar-refractivity contribution in [2.24, 2.45) is 0 Å². The lowest BCUT2D eigenvalue weighted by Crippen LogP contribution is -2.21. The van der Waals surface area contributed by atoms with E-state index in [1.54, 1.807) is 18.3 Å². The standard InChI is InChI=1S/C16H17ClN2O2S/c1-22(20,21)14-3-2-10-18-15(14)19-11-16(8-9-16)12-4-6-13(17)7-5-12/h2-7,10H,8-9,11H2,1H3,(H,18,19). The van der Waals surface area contributed by atoms with Gasteiger partial charge < -0.3 is 5.32 Å². The van der Waals surface area contributed by atoms with Crippen molar-refractivity contribution < 1.29 is 8.42 Å². The summed E-state index contributed by atoms with van der Waals surface area (Å²) >= 11 is 5.93. The fourth-order valence-electron chi connectivity index (χ4n) is 2.60. The molecule has 1 aromatic heterocycles. The quantitative estimate of drug-likeness (QED) is 0.910. The summed E-state index contributed by atoms with van der Waals surface area (Å²) in [6.45, 7) is 0.661. The fourth-order valence-corrected chi connectivity index (χ4v) is 3.53. The molecule has 1 aliphatic rings. The van der Waals surface area contributed by atoms with E-state index in [0.717, 1.165) is 17.9 Å². The van der Waals surface area contributed by atoms with Gasteiger partial charge in [0.05, 0.1) is 0 Å². The van der Waals surface area contributed by atoms with Crippen molar-refractivity contribution in [1.82, 2.24) is 4.98 Å². The third-order valence-electron chi connectivity index (χ3n) is 4.07. The van der Waals surface area contributed by atoms with Gasteiger partial charge in [0.1, 0.15) is 10.7 Å². The maximum atomic E-state index is 11.8. The van der Waals surface area contributed by atoms with Crippen LogP contribution in [0.15, 0.2) is 47.5 Å². The van der Waals surface area contributed by atoms with Gasteiger partial charge in [-0.2, -0.15) is 0 Å². The largest absolute Gasteiger partial charge is 0.368 e. The van der Waals surface area contributed by atoms with Crippen molar-refractivity contribution in [2.45, 2.75) is 23.2 Å². The SMILES string of the molecule is CS(=O)(=O)c1cccnc1NCC1(c2ccc(Cl)cc2)CC1. The predicted molar refractivity (Wildman–Crippen MR) is 88.2 cm³/mol. The van der Waals surface area contributed by atoms with Crippen molar-refractivity contribution in [3.05, 3.63) is 53.2 Å². The summed E-state index contributed by atoms with van der Waals surface area (Å²) in [6, 6.07) is 11.1. The highest BCUT2D eigenvalue weighted by molar-refractivity contribution is 7.90. The Hall–Kier alpha value is -1.59. The van der Waals surface area contributed by atoms with Crippen molar-refractivity contribution >= 4 is 27.3 Å². The predicted octanol–water partition coefficient (Wildman–Crippen LogP) is 3.28. The van der Waals surface area contributed by atoms with Crippen LogP contribution >= 0.6 is 11.6 Å². The smallest absolute Gasteiger partial charge is 0.179 e. The number of anilines is 1. The lowest BCUT2D eigenvalue weighted by atomic mass is 9.96. The van der Waals surface area contributed by atoms with Gasteiger partial charge in [0, 0.05) is 29.4 Å². The van der Waals surface area contributed by atoms with Gasteiger partial charge in [-0.1, -0.05) is 23.7 Å². The molecule has 2 aromatic rings. The summed E-state index contributed by atoms with van der Waals surface area (Å²) in [4.78, 5) is 4.41. The van der Waals surface area contributed by atoms with Gasteiger partial charge in [0.2, 0.25) is 0 Å². The Morgan fingerprint density at radius 2 is 1.91 bits per heavy atom. The molecular formula is C16H17ClN2O2S. The number of aromatic nitrogens is 1. The van der Waals surface area contributed by atoms with E-state index in [0.29, 0.717) is 12.4 Å². The maximum Gasteiger partial charge on any atom is 0.179 e. The molecule has 22 heavy (non-hydrogen) atoms. The maximum absolute atomic E-state index is 11.8. The molecule has 0 aliphatic heterocycles. The zero-order valence-corrected chi connectivity index (χ0v) is 13.8. The summed E-state index contributed by atoms with van der Waals surface area (Å²) in [5, 5.41) is 3.93. The lowest BCUT2D eigenvalue weighted by Gasteiger charge is -2.18. The number of rotatable bonds is 5. The first kappa shape index (κ1) is 15.3. The summed E-state index contributed by atoms with van der Waals surface area (Å²) in [7, 11) is -3.29. The number of hydrogen-bond acceptors (Lipinski definition) is 4. The summed E-state index contributed by atoms with van der Waals surface area (Å²) in [5.41, 5.74) is 1.28. The van der Waals surface area contributed by atoms with Crippen LogP contribution in [0.3, 0.4) is 0 Å². The van der Waals surface area contributed by atoms with Crippen LogP contribution in [0, 0.1) is 0 Å². The van der Waals surface area contributed by atoms with E-state index in [9.17, 15) is 8.42 Å². The summed E-state index contributed by atoms with van der Waals surface area (Å²) in [5.74, 6) is 0.422.